The monoisotopic (exact) mass is 144 g/mol. The van der Waals surface area contributed by atoms with Gasteiger partial charge in [0.1, 0.15) is 0 Å². The molecule has 0 saturated carbocycles. The van der Waals surface area contributed by atoms with Crippen LogP contribution in [0.4, 0.5) is 3.89 Å². The summed E-state index contributed by atoms with van der Waals surface area (Å²) < 4.78 is 32.4. The highest BCUT2D eigenvalue weighted by Gasteiger charge is 2.19. The van der Waals surface area contributed by atoms with Gasteiger partial charge in [0.2, 0.25) is 0 Å². The highest BCUT2D eigenvalue weighted by Crippen LogP contribution is 1.91. The summed E-state index contributed by atoms with van der Waals surface area (Å²) in [6.45, 7) is 0. The Morgan fingerprint density at radius 1 is 1.50 bits per heavy atom. The van der Waals surface area contributed by atoms with Crippen LogP contribution in [0, 0.1) is 0 Å². The number of rotatable bonds is 2. The third-order valence-corrected chi connectivity index (χ3v) is 0.603. The third kappa shape index (κ3) is 5.82. The molecule has 0 radical (unpaired) electrons. The zero-order valence-electron chi connectivity index (χ0n) is 3.48. The molecule has 0 aliphatic carbocycles. The summed E-state index contributed by atoms with van der Waals surface area (Å²) in [4.78, 5) is 0. The first-order valence-corrected chi connectivity index (χ1v) is 2.72. The van der Waals surface area contributed by atoms with E-state index in [4.69, 9.17) is 10.0 Å². The maximum absolute atomic E-state index is 11.1. The Balaban J connectivity index is 3.75. The van der Waals surface area contributed by atoms with Crippen LogP contribution < -0.4 is 0 Å². The summed E-state index contributed by atoms with van der Waals surface area (Å²) >= 11 is 0. The van der Waals surface area contributed by atoms with Crippen molar-refractivity contribution in [2.24, 2.45) is 0 Å². The number of hydrogen-bond acceptors (Lipinski definition) is 5. The first kappa shape index (κ1) is 7.82. The average molecular weight is 144 g/mol. The molecule has 0 aromatic carbocycles. The second kappa shape index (κ2) is 2.40. The van der Waals surface area contributed by atoms with Crippen LogP contribution in [0.5, 0.6) is 0 Å². The zero-order chi connectivity index (χ0) is 6.78. The first-order chi connectivity index (χ1) is 3.42. The summed E-state index contributed by atoms with van der Waals surface area (Å²) in [7, 11) is -7.84. The van der Waals surface area contributed by atoms with Crippen molar-refractivity contribution in [1.29, 1.82) is 0 Å². The van der Waals surface area contributed by atoms with Crippen LogP contribution in [0.1, 0.15) is 0 Å². The fourth-order valence-corrected chi connectivity index (χ4v) is 0.308. The molecule has 8 heavy (non-hydrogen) atoms. The van der Waals surface area contributed by atoms with Gasteiger partial charge in [-0.3, -0.25) is 0 Å². The second-order valence-electron chi connectivity index (χ2n) is 0.816. The molecular weight excluding hydrogens is 142 g/mol. The molecule has 0 bridgehead atoms. The summed E-state index contributed by atoms with van der Waals surface area (Å²) in [5.41, 5.74) is 0. The van der Waals surface area contributed by atoms with Gasteiger partial charge in [-0.15, -0.1) is 0 Å². The minimum absolute atomic E-state index is 2.62. The minimum Gasteiger partial charge on any atom is -0.401 e. The van der Waals surface area contributed by atoms with E-state index in [0.29, 0.717) is 0 Å². The highest BCUT2D eigenvalue weighted by atomic mass is 32.3. The van der Waals surface area contributed by atoms with Gasteiger partial charge >= 0.3 is 17.8 Å². The largest absolute Gasteiger partial charge is 0.650 e. The smallest absolute Gasteiger partial charge is 0.401 e. The lowest BCUT2D eigenvalue weighted by molar-refractivity contribution is 0.280. The van der Waals surface area contributed by atoms with Crippen molar-refractivity contribution >= 4 is 17.8 Å². The quantitative estimate of drug-likeness (QED) is 0.352. The van der Waals surface area contributed by atoms with E-state index in [2.05, 4.69) is 4.10 Å². The van der Waals surface area contributed by atoms with Crippen molar-refractivity contribution in [3.05, 3.63) is 0 Å². The molecule has 0 aliphatic heterocycles. The molecule has 48 valence electrons. The first-order valence-electron chi connectivity index (χ1n) is 1.41. The molecule has 0 atom stereocenters. The molecule has 0 aromatic heterocycles. The van der Waals surface area contributed by atoms with E-state index in [0.717, 1.165) is 0 Å². The van der Waals surface area contributed by atoms with Gasteiger partial charge in [0.15, 0.2) is 0 Å². The van der Waals surface area contributed by atoms with Crippen LogP contribution >= 0.6 is 0 Å². The van der Waals surface area contributed by atoms with Crippen molar-refractivity contribution in [2.75, 3.05) is 0 Å². The van der Waals surface area contributed by atoms with E-state index in [1.54, 1.807) is 0 Å². The third-order valence-electron chi connectivity index (χ3n) is 0.201. The van der Waals surface area contributed by atoms with Crippen LogP contribution in [0.3, 0.4) is 0 Å². The SMILES string of the molecule is O=S(=O)(F)OB(O)O. The van der Waals surface area contributed by atoms with Gasteiger partial charge in [0.05, 0.1) is 0 Å². The summed E-state index contributed by atoms with van der Waals surface area (Å²) in [5.74, 6) is 0. The summed E-state index contributed by atoms with van der Waals surface area (Å²) in [6.07, 6.45) is 0. The summed E-state index contributed by atoms with van der Waals surface area (Å²) in [6, 6.07) is 0. The molecule has 0 unspecified atom stereocenters. The molecule has 2 N–H and O–H groups in total. The topological polar surface area (TPSA) is 83.8 Å². The normalized spacial score (nSPS) is 11.4. The van der Waals surface area contributed by atoms with Crippen molar-refractivity contribution in [2.45, 2.75) is 0 Å². The number of halogens is 1. The van der Waals surface area contributed by atoms with E-state index in [1.807, 2.05) is 0 Å². The Labute approximate surface area is 45.3 Å². The number of hydrogen-bond donors (Lipinski definition) is 2. The zero-order valence-corrected chi connectivity index (χ0v) is 4.30. The molecule has 0 aliphatic rings. The molecule has 0 saturated heterocycles. The maximum atomic E-state index is 11.1. The van der Waals surface area contributed by atoms with Crippen LogP contribution in [0.2, 0.25) is 0 Å². The van der Waals surface area contributed by atoms with Crippen molar-refractivity contribution in [3.8, 4) is 0 Å². The molecule has 0 spiro atoms. The van der Waals surface area contributed by atoms with Gasteiger partial charge < -0.3 is 10.0 Å². The summed E-state index contributed by atoms with van der Waals surface area (Å²) in [5, 5.41) is 15.2. The van der Waals surface area contributed by atoms with E-state index in [1.165, 1.54) is 0 Å². The fraction of sp³-hybridized carbons (Fsp3) is 0. The van der Waals surface area contributed by atoms with Crippen molar-refractivity contribution in [1.82, 2.24) is 0 Å². The molecule has 0 heterocycles. The fourth-order valence-electron chi connectivity index (χ4n) is 0.103. The van der Waals surface area contributed by atoms with E-state index >= 15 is 0 Å². The standard InChI is InChI=1S/BFH2O5S/c2-8(5,6)7-1(3)4/h3-4H. The molecular formula is H2BFO5S. The predicted molar refractivity (Wildman–Crippen MR) is 21.3 cm³/mol. The van der Waals surface area contributed by atoms with Gasteiger partial charge in [-0.1, -0.05) is 3.89 Å². The van der Waals surface area contributed by atoms with Gasteiger partial charge in [-0.05, 0) is 0 Å². The average Bonchev–Trinajstić information content (AvgIpc) is 1.21. The van der Waals surface area contributed by atoms with Crippen molar-refractivity contribution < 1.29 is 26.5 Å². The Kier molecular flexibility index (Phi) is 2.35. The predicted octanol–water partition coefficient (Wildman–Crippen LogP) is -1.81. The Bertz CT molecular complexity index is 146. The lowest BCUT2D eigenvalue weighted by atomic mass is 10.3. The molecule has 0 fully saturated rings. The van der Waals surface area contributed by atoms with E-state index < -0.39 is 17.8 Å². The molecule has 0 amide bonds. The highest BCUT2D eigenvalue weighted by molar-refractivity contribution is 7.82. The molecule has 5 nitrogen and oxygen atoms in total. The lowest BCUT2D eigenvalue weighted by Gasteiger charge is -1.90. The Morgan fingerprint density at radius 2 is 1.88 bits per heavy atom. The van der Waals surface area contributed by atoms with Gasteiger partial charge in [-0.25, -0.2) is 4.10 Å². The lowest BCUT2D eigenvalue weighted by Crippen LogP contribution is -2.19. The van der Waals surface area contributed by atoms with Crippen LogP contribution in [-0.2, 0) is 14.6 Å². The van der Waals surface area contributed by atoms with E-state index in [-0.39, 0.29) is 0 Å². The van der Waals surface area contributed by atoms with Gasteiger partial charge in [-0.2, -0.15) is 8.42 Å². The molecule has 0 aromatic rings. The second-order valence-corrected chi connectivity index (χ2v) is 1.79. The Morgan fingerprint density at radius 3 is 1.88 bits per heavy atom. The van der Waals surface area contributed by atoms with E-state index in [9.17, 15) is 12.3 Å². The molecule has 0 rings (SSSR count). The van der Waals surface area contributed by atoms with Gasteiger partial charge in [0.25, 0.3) is 0 Å². The van der Waals surface area contributed by atoms with Crippen LogP contribution in [-0.4, -0.2) is 25.8 Å². The van der Waals surface area contributed by atoms with Crippen LogP contribution in [0.25, 0.3) is 0 Å². The minimum atomic E-state index is -5.22. The Hall–Kier alpha value is -0.175. The van der Waals surface area contributed by atoms with Crippen LogP contribution in [0.15, 0.2) is 0 Å². The molecule has 8 heteroatoms. The van der Waals surface area contributed by atoms with Gasteiger partial charge in [0, 0.05) is 0 Å². The van der Waals surface area contributed by atoms with Crippen molar-refractivity contribution in [3.63, 3.8) is 0 Å². The maximum Gasteiger partial charge on any atom is 0.650 e.